The molecule has 24 heavy (non-hydrogen) atoms. The number of ether oxygens (including phenoxy) is 1. The number of carboxylic acids is 1. The molecule has 0 bridgehead atoms. The van der Waals surface area contributed by atoms with Crippen molar-refractivity contribution < 1.29 is 19.1 Å². The van der Waals surface area contributed by atoms with Crippen molar-refractivity contribution in [3.8, 4) is 5.75 Å². The third-order valence-electron chi connectivity index (χ3n) is 3.57. The molecule has 0 unspecified atom stereocenters. The average Bonchev–Trinajstić information content (AvgIpc) is 3.05. The number of fused-ring (bicyclic) bond motifs is 1. The van der Waals surface area contributed by atoms with Gasteiger partial charge < -0.3 is 24.2 Å². The van der Waals surface area contributed by atoms with Gasteiger partial charge in [0.05, 0.1) is 0 Å². The molecule has 0 amide bonds. The standard InChI is InChI=1S/C15H14N4O5/c1-8-10-3-2-9(23-7-13-16-18-19-17-13)6-12(10)24-15(22)11(8)4-5-14(20)21/h2-3,6H,4-5,7H2,1H3,(H2,16,17,18,19,20,21)/p-2. The van der Waals surface area contributed by atoms with E-state index in [9.17, 15) is 14.7 Å². The number of aliphatic carboxylic acids is 1. The molecule has 2 aromatic heterocycles. The molecule has 9 heteroatoms. The number of aromatic nitrogens is 4. The molecule has 0 aliphatic rings. The van der Waals surface area contributed by atoms with Crippen molar-refractivity contribution in [1.29, 1.82) is 0 Å². The predicted molar refractivity (Wildman–Crippen MR) is 78.0 cm³/mol. The summed E-state index contributed by atoms with van der Waals surface area (Å²) in [7, 11) is 0. The van der Waals surface area contributed by atoms with Crippen LogP contribution in [0.5, 0.6) is 5.75 Å². The number of aryl methyl sites for hydroxylation is 1. The van der Waals surface area contributed by atoms with E-state index in [1.807, 2.05) is 0 Å². The third-order valence-corrected chi connectivity index (χ3v) is 3.57. The molecule has 1 aromatic carbocycles. The molecule has 0 atom stereocenters. The Morgan fingerprint density at radius 2 is 2.25 bits per heavy atom. The van der Waals surface area contributed by atoms with E-state index in [1.54, 1.807) is 25.1 Å². The van der Waals surface area contributed by atoms with Gasteiger partial charge in [-0.15, -0.1) is 0 Å². The highest BCUT2D eigenvalue weighted by Gasteiger charge is 2.12. The van der Waals surface area contributed by atoms with Gasteiger partial charge in [0.2, 0.25) is 0 Å². The van der Waals surface area contributed by atoms with Crippen LogP contribution in [-0.4, -0.2) is 21.5 Å². The second kappa shape index (κ2) is 6.49. The summed E-state index contributed by atoms with van der Waals surface area (Å²) in [6, 6.07) is 5.03. The number of carboxylic acid groups (broad SMARTS) is 1. The van der Waals surface area contributed by atoms with E-state index >= 15 is 0 Å². The summed E-state index contributed by atoms with van der Waals surface area (Å²) in [6.45, 7) is 1.84. The Labute approximate surface area is 135 Å². The van der Waals surface area contributed by atoms with Gasteiger partial charge in [-0.25, -0.2) is 4.79 Å². The van der Waals surface area contributed by atoms with Crippen LogP contribution < -0.4 is 20.6 Å². The maximum Gasteiger partial charge on any atom is 0.339 e. The Balaban J connectivity index is 1.88. The monoisotopic (exact) mass is 328 g/mol. The van der Waals surface area contributed by atoms with Crippen LogP contribution in [0.1, 0.15) is 23.4 Å². The van der Waals surface area contributed by atoms with Crippen LogP contribution in [0.15, 0.2) is 27.4 Å². The highest BCUT2D eigenvalue weighted by Crippen LogP contribution is 2.25. The first-order valence-electron chi connectivity index (χ1n) is 7.11. The Hall–Kier alpha value is -3.23. The van der Waals surface area contributed by atoms with Crippen LogP contribution in [-0.2, 0) is 17.8 Å². The van der Waals surface area contributed by atoms with E-state index in [4.69, 9.17) is 9.15 Å². The maximum absolute atomic E-state index is 12.1. The van der Waals surface area contributed by atoms with Crippen molar-refractivity contribution in [1.82, 2.24) is 20.6 Å². The van der Waals surface area contributed by atoms with Gasteiger partial charge in [-0.3, -0.25) is 10.3 Å². The maximum atomic E-state index is 12.1. The van der Waals surface area contributed by atoms with Gasteiger partial charge in [0, 0.05) is 28.8 Å². The summed E-state index contributed by atoms with van der Waals surface area (Å²) in [5.41, 5.74) is 0.808. The second-order valence-electron chi connectivity index (χ2n) is 5.11. The van der Waals surface area contributed by atoms with Gasteiger partial charge in [0.25, 0.3) is 0 Å². The fourth-order valence-corrected chi connectivity index (χ4v) is 2.35. The van der Waals surface area contributed by atoms with Gasteiger partial charge in [0.1, 0.15) is 17.9 Å². The van der Waals surface area contributed by atoms with Gasteiger partial charge in [-0.05, 0) is 37.5 Å². The number of nitrogens with zero attached hydrogens (tertiary/aromatic N) is 4. The molecule has 0 saturated carbocycles. The Bertz CT molecular complexity index is 933. The van der Waals surface area contributed by atoms with Crippen molar-refractivity contribution in [2.45, 2.75) is 26.4 Å². The molecular formula is C15H12N4O5-2. The summed E-state index contributed by atoms with van der Waals surface area (Å²) in [6.07, 6.45) is -0.168. The number of carbonyl (C=O) groups is 1. The van der Waals surface area contributed by atoms with Crippen LogP contribution >= 0.6 is 0 Å². The fraction of sp³-hybridized carbons (Fsp3) is 0.267. The Morgan fingerprint density at radius 3 is 2.96 bits per heavy atom. The van der Waals surface area contributed by atoms with Gasteiger partial charge in [-0.2, -0.15) is 5.21 Å². The van der Waals surface area contributed by atoms with Crippen molar-refractivity contribution in [2.24, 2.45) is 0 Å². The molecule has 2 heterocycles. The topological polar surface area (TPSA) is 132 Å². The summed E-state index contributed by atoms with van der Waals surface area (Å²) in [5, 5.41) is 25.3. The molecule has 0 aliphatic heterocycles. The van der Waals surface area contributed by atoms with E-state index in [2.05, 4.69) is 20.6 Å². The van der Waals surface area contributed by atoms with E-state index in [-0.39, 0.29) is 19.4 Å². The number of benzene rings is 1. The van der Waals surface area contributed by atoms with E-state index in [1.165, 1.54) is 0 Å². The summed E-state index contributed by atoms with van der Waals surface area (Å²) < 4.78 is 10.8. The molecule has 3 rings (SSSR count). The lowest BCUT2D eigenvalue weighted by molar-refractivity contribution is -0.305. The number of rotatable bonds is 6. The summed E-state index contributed by atoms with van der Waals surface area (Å²) >= 11 is 0. The first-order valence-corrected chi connectivity index (χ1v) is 7.11. The van der Waals surface area contributed by atoms with Crippen LogP contribution in [0, 0.1) is 6.92 Å². The molecule has 0 fully saturated rings. The van der Waals surface area contributed by atoms with E-state index in [0.29, 0.717) is 33.7 Å². The lowest BCUT2D eigenvalue weighted by Gasteiger charge is -2.10. The van der Waals surface area contributed by atoms with Gasteiger partial charge in [0.15, 0.2) is 0 Å². The third kappa shape index (κ3) is 3.24. The number of carbonyl (C=O) groups excluding carboxylic acids is 1. The second-order valence-corrected chi connectivity index (χ2v) is 5.11. The normalized spacial score (nSPS) is 10.9. The molecule has 0 saturated heterocycles. The zero-order chi connectivity index (χ0) is 17.1. The highest BCUT2D eigenvalue weighted by atomic mass is 16.5. The summed E-state index contributed by atoms with van der Waals surface area (Å²) in [4.78, 5) is 22.7. The summed E-state index contributed by atoms with van der Waals surface area (Å²) in [5.74, 6) is -0.404. The van der Waals surface area contributed by atoms with Crippen LogP contribution in [0.3, 0.4) is 0 Å². The quantitative estimate of drug-likeness (QED) is 0.549. The van der Waals surface area contributed by atoms with Crippen LogP contribution in [0.2, 0.25) is 0 Å². The minimum atomic E-state index is -1.21. The molecule has 0 aliphatic carbocycles. The molecule has 0 N–H and O–H groups in total. The fourth-order valence-electron chi connectivity index (χ4n) is 2.35. The largest absolute Gasteiger partial charge is 0.550 e. The lowest BCUT2D eigenvalue weighted by atomic mass is 10.0. The van der Waals surface area contributed by atoms with Crippen molar-refractivity contribution in [2.75, 3.05) is 0 Å². The Kier molecular flexibility index (Phi) is 4.23. The minimum Gasteiger partial charge on any atom is -0.550 e. The van der Waals surface area contributed by atoms with E-state index < -0.39 is 11.6 Å². The van der Waals surface area contributed by atoms with Crippen LogP contribution in [0.25, 0.3) is 11.0 Å². The number of tetrazole rings is 1. The zero-order valence-electron chi connectivity index (χ0n) is 12.7. The molecule has 3 aromatic rings. The zero-order valence-corrected chi connectivity index (χ0v) is 12.7. The van der Waals surface area contributed by atoms with Crippen molar-refractivity contribution in [3.05, 3.63) is 45.6 Å². The first kappa shape index (κ1) is 15.7. The van der Waals surface area contributed by atoms with Gasteiger partial charge >= 0.3 is 5.63 Å². The molecule has 9 nitrogen and oxygen atoms in total. The Morgan fingerprint density at radius 1 is 1.42 bits per heavy atom. The van der Waals surface area contributed by atoms with Crippen LogP contribution in [0.4, 0.5) is 0 Å². The predicted octanol–water partition coefficient (Wildman–Crippen LogP) is -0.495. The molecule has 124 valence electrons. The van der Waals surface area contributed by atoms with E-state index in [0.717, 1.165) is 0 Å². The average molecular weight is 328 g/mol. The van der Waals surface area contributed by atoms with Gasteiger partial charge in [-0.1, -0.05) is 0 Å². The number of hydrogen-bond donors (Lipinski definition) is 0. The molecule has 0 radical (unpaired) electrons. The minimum absolute atomic E-state index is 0.0685. The smallest absolute Gasteiger partial charge is 0.339 e. The molecule has 0 spiro atoms. The number of hydrogen-bond acceptors (Lipinski definition) is 8. The van der Waals surface area contributed by atoms with Crippen molar-refractivity contribution >= 4 is 16.9 Å². The highest BCUT2D eigenvalue weighted by molar-refractivity contribution is 5.82. The first-order chi connectivity index (χ1) is 11.5. The SMILES string of the molecule is Cc1c(CCC(=O)[O-])c(=O)oc2cc(OCc3nnn[n-]3)ccc12. The van der Waals surface area contributed by atoms with Crippen molar-refractivity contribution in [3.63, 3.8) is 0 Å². The molecular weight excluding hydrogens is 316 g/mol. The lowest BCUT2D eigenvalue weighted by Crippen LogP contribution is -2.24.